The summed E-state index contributed by atoms with van der Waals surface area (Å²) < 4.78 is 32.7. The molecule has 0 unspecified atom stereocenters. The molecule has 1 aliphatic carbocycles. The van der Waals surface area contributed by atoms with Crippen LogP contribution in [0, 0.1) is 0 Å². The highest BCUT2D eigenvalue weighted by atomic mass is 32.2. The fraction of sp³-hybridized carbons (Fsp3) is 0.472. The van der Waals surface area contributed by atoms with Crippen molar-refractivity contribution in [2.45, 2.75) is 73.7 Å². The molecule has 1 amide bonds. The summed E-state index contributed by atoms with van der Waals surface area (Å²) in [6.07, 6.45) is 7.84. The van der Waals surface area contributed by atoms with E-state index in [4.69, 9.17) is 10.5 Å². The third-order valence-electron chi connectivity index (χ3n) is 9.26. The number of nitrogens with zero attached hydrogens (tertiary/aromatic N) is 2. The van der Waals surface area contributed by atoms with E-state index in [9.17, 15) is 13.2 Å². The van der Waals surface area contributed by atoms with Gasteiger partial charge < -0.3 is 15.8 Å². The zero-order valence-electron chi connectivity index (χ0n) is 26.5. The number of amides is 1. The van der Waals surface area contributed by atoms with Gasteiger partial charge in [-0.1, -0.05) is 61.7 Å². The van der Waals surface area contributed by atoms with Crippen LogP contribution < -0.4 is 15.8 Å². The number of hydrogen-bond acceptors (Lipinski definition) is 7. The molecule has 45 heavy (non-hydrogen) atoms. The summed E-state index contributed by atoms with van der Waals surface area (Å²) in [6.45, 7) is 7.61. The van der Waals surface area contributed by atoms with Crippen LogP contribution in [0.2, 0.25) is 0 Å². The molecule has 1 aliphatic heterocycles. The third kappa shape index (κ3) is 8.94. The molecular weight excluding hydrogens is 584 g/mol. The lowest BCUT2D eigenvalue weighted by Gasteiger charge is -2.42. The van der Waals surface area contributed by atoms with E-state index in [1.807, 2.05) is 36.4 Å². The van der Waals surface area contributed by atoms with Gasteiger partial charge in [0.05, 0.1) is 22.8 Å². The molecule has 3 aromatic carbocycles. The van der Waals surface area contributed by atoms with Gasteiger partial charge in [-0.05, 0) is 79.8 Å². The van der Waals surface area contributed by atoms with Gasteiger partial charge in [0.2, 0.25) is 15.7 Å². The number of ether oxygens (including phenoxy) is 1. The second-order valence-electron chi connectivity index (χ2n) is 12.3. The molecule has 1 atom stereocenters. The van der Waals surface area contributed by atoms with Crippen LogP contribution in [0.4, 0.5) is 0 Å². The van der Waals surface area contributed by atoms with E-state index in [-0.39, 0.29) is 34.8 Å². The number of carbonyl (C=O) groups is 1. The minimum atomic E-state index is -3.71. The summed E-state index contributed by atoms with van der Waals surface area (Å²) in [5.74, 6) is 0.344. The van der Waals surface area contributed by atoms with Crippen LogP contribution in [0.1, 0.15) is 61.8 Å². The van der Waals surface area contributed by atoms with E-state index >= 15 is 0 Å². The fourth-order valence-corrected chi connectivity index (χ4v) is 7.90. The van der Waals surface area contributed by atoms with Crippen LogP contribution in [-0.4, -0.2) is 76.0 Å². The van der Waals surface area contributed by atoms with Crippen LogP contribution >= 0.6 is 0 Å². The average Bonchev–Trinajstić information content (AvgIpc) is 3.07. The Morgan fingerprint density at radius 2 is 1.62 bits per heavy atom. The first-order valence-electron chi connectivity index (χ1n) is 16.4. The maximum atomic E-state index is 13.5. The molecule has 3 aromatic rings. The van der Waals surface area contributed by atoms with E-state index in [1.165, 1.54) is 32.1 Å². The lowest BCUT2D eigenvalue weighted by molar-refractivity contribution is -0.120. The Morgan fingerprint density at radius 3 is 2.36 bits per heavy atom. The minimum Gasteiger partial charge on any atom is -0.492 e. The first kappa shape index (κ1) is 33.1. The van der Waals surface area contributed by atoms with Crippen LogP contribution in [0.25, 0.3) is 0 Å². The molecule has 0 bridgehead atoms. The quantitative estimate of drug-likeness (QED) is 0.262. The molecule has 5 rings (SSSR count). The lowest BCUT2D eigenvalue weighted by Crippen LogP contribution is -2.51. The summed E-state index contributed by atoms with van der Waals surface area (Å²) >= 11 is 0. The number of sulfone groups is 1. The van der Waals surface area contributed by atoms with Gasteiger partial charge in [-0.2, -0.15) is 0 Å². The molecule has 0 aromatic heterocycles. The van der Waals surface area contributed by atoms with Crippen molar-refractivity contribution in [1.82, 2.24) is 15.1 Å². The smallest absolute Gasteiger partial charge is 0.224 e. The summed E-state index contributed by atoms with van der Waals surface area (Å²) in [5.41, 5.74) is 8.81. The van der Waals surface area contributed by atoms with Gasteiger partial charge >= 0.3 is 0 Å². The highest BCUT2D eigenvalue weighted by molar-refractivity contribution is 7.91. The van der Waals surface area contributed by atoms with E-state index in [0.717, 1.165) is 55.3 Å². The van der Waals surface area contributed by atoms with Crippen molar-refractivity contribution >= 4 is 15.7 Å². The van der Waals surface area contributed by atoms with E-state index in [1.54, 1.807) is 36.4 Å². The van der Waals surface area contributed by atoms with E-state index in [2.05, 4.69) is 22.0 Å². The molecule has 1 saturated heterocycles. The Labute approximate surface area is 268 Å². The second kappa shape index (κ2) is 15.9. The Bertz CT molecular complexity index is 1500. The zero-order valence-corrected chi connectivity index (χ0v) is 27.3. The zero-order chi connectivity index (χ0) is 31.6. The van der Waals surface area contributed by atoms with Crippen molar-refractivity contribution in [3.05, 3.63) is 89.5 Å². The van der Waals surface area contributed by atoms with Crippen molar-refractivity contribution in [3.63, 3.8) is 0 Å². The summed E-state index contributed by atoms with van der Waals surface area (Å²) in [7, 11) is -3.71. The van der Waals surface area contributed by atoms with Gasteiger partial charge in [0.1, 0.15) is 12.4 Å². The lowest BCUT2D eigenvalue weighted by atomic mass is 9.93. The first-order valence-corrected chi connectivity index (χ1v) is 17.9. The van der Waals surface area contributed by atoms with Crippen molar-refractivity contribution in [1.29, 1.82) is 0 Å². The van der Waals surface area contributed by atoms with Gasteiger partial charge in [0.25, 0.3) is 0 Å². The Hall–Kier alpha value is -3.24. The van der Waals surface area contributed by atoms with Gasteiger partial charge in [0.15, 0.2) is 0 Å². The van der Waals surface area contributed by atoms with Gasteiger partial charge in [0, 0.05) is 38.3 Å². The maximum absolute atomic E-state index is 13.5. The molecule has 3 N–H and O–H groups in total. The maximum Gasteiger partial charge on any atom is 0.224 e. The predicted molar refractivity (Wildman–Crippen MR) is 178 cm³/mol. The molecule has 0 radical (unpaired) electrons. The number of carbonyl (C=O) groups excluding carboxylic acids is 1. The molecule has 0 spiro atoms. The number of nitrogens with one attached hydrogen (secondary N) is 1. The van der Waals surface area contributed by atoms with Crippen LogP contribution in [0.5, 0.6) is 5.75 Å². The highest BCUT2D eigenvalue weighted by Crippen LogP contribution is 2.29. The number of rotatable bonds is 13. The summed E-state index contributed by atoms with van der Waals surface area (Å²) in [4.78, 5) is 18.0. The minimum absolute atomic E-state index is 0.0979. The standard InChI is InChI=1S/C36H48N4O4S/c1-28(39-20-22-40(23-21-39)32-9-3-2-4-10-32)31-13-15-34(16-14-31)45(42,43)35-12-6-11-33(27-35)44-24-19-38-36(41)26-30-8-5-7-29(25-30)17-18-37/h5-8,11-16,25,27-28,32H,2-4,9-10,17-24,26,37H2,1H3,(H,38,41)/t28-/m0/s1. The van der Waals surface area contributed by atoms with E-state index < -0.39 is 9.84 Å². The van der Waals surface area contributed by atoms with Crippen LogP contribution in [0.3, 0.4) is 0 Å². The second-order valence-corrected chi connectivity index (χ2v) is 14.3. The van der Waals surface area contributed by atoms with Gasteiger partial charge in [-0.25, -0.2) is 8.42 Å². The molecule has 2 fully saturated rings. The number of hydrogen-bond donors (Lipinski definition) is 2. The predicted octanol–water partition coefficient (Wildman–Crippen LogP) is 4.77. The first-order chi connectivity index (χ1) is 21.8. The molecule has 1 heterocycles. The van der Waals surface area contributed by atoms with Crippen molar-refractivity contribution in [2.75, 3.05) is 45.9 Å². The van der Waals surface area contributed by atoms with Crippen LogP contribution in [-0.2, 0) is 27.5 Å². The SMILES string of the molecule is C[C@@H](c1ccc(S(=O)(=O)c2cccc(OCCNC(=O)Cc3cccc(CCN)c3)c2)cc1)N1CCN(C2CCCCC2)CC1. The number of benzene rings is 3. The average molecular weight is 633 g/mol. The Balaban J connectivity index is 1.10. The molecule has 2 aliphatic rings. The molecule has 242 valence electrons. The van der Waals surface area contributed by atoms with Gasteiger partial charge in [-0.3, -0.25) is 14.6 Å². The topological polar surface area (TPSA) is 105 Å². The molecular formula is C36H48N4O4S. The highest BCUT2D eigenvalue weighted by Gasteiger charge is 2.28. The largest absolute Gasteiger partial charge is 0.492 e. The van der Waals surface area contributed by atoms with Gasteiger partial charge in [-0.15, -0.1) is 0 Å². The van der Waals surface area contributed by atoms with Crippen molar-refractivity contribution < 1.29 is 17.9 Å². The number of nitrogens with two attached hydrogens (primary N) is 1. The molecule has 9 heteroatoms. The number of piperazine rings is 1. The normalized spacial score (nSPS) is 17.6. The fourth-order valence-electron chi connectivity index (χ4n) is 6.61. The molecule has 8 nitrogen and oxygen atoms in total. The van der Waals surface area contributed by atoms with Crippen molar-refractivity contribution in [2.24, 2.45) is 5.73 Å². The summed E-state index contributed by atoms with van der Waals surface area (Å²) in [5, 5.41) is 2.87. The van der Waals surface area contributed by atoms with Crippen molar-refractivity contribution in [3.8, 4) is 5.75 Å². The Kier molecular flexibility index (Phi) is 11.7. The monoisotopic (exact) mass is 632 g/mol. The van der Waals surface area contributed by atoms with E-state index in [0.29, 0.717) is 18.8 Å². The molecule has 1 saturated carbocycles. The Morgan fingerprint density at radius 1 is 0.911 bits per heavy atom. The summed E-state index contributed by atoms with van der Waals surface area (Å²) in [6, 6.07) is 22.7. The third-order valence-corrected chi connectivity index (χ3v) is 11.0. The van der Waals surface area contributed by atoms with Crippen LogP contribution in [0.15, 0.2) is 82.6 Å².